The highest BCUT2D eigenvalue weighted by Crippen LogP contribution is 2.25. The quantitative estimate of drug-likeness (QED) is 0.836. The molecule has 6 heteroatoms. The molecule has 23 heavy (non-hydrogen) atoms. The van der Waals surface area contributed by atoms with Crippen molar-refractivity contribution in [3.05, 3.63) is 23.4 Å². The second-order valence-electron chi connectivity index (χ2n) is 6.38. The first-order chi connectivity index (χ1) is 11.1. The van der Waals surface area contributed by atoms with Crippen LogP contribution in [-0.4, -0.2) is 33.5 Å². The first-order valence-corrected chi connectivity index (χ1v) is 9.19. The zero-order valence-corrected chi connectivity index (χ0v) is 14.5. The summed E-state index contributed by atoms with van der Waals surface area (Å²) in [5.41, 5.74) is 0. The fourth-order valence-electron chi connectivity index (χ4n) is 3.18. The zero-order chi connectivity index (χ0) is 16.2. The van der Waals surface area contributed by atoms with E-state index in [-0.39, 0.29) is 5.91 Å². The number of aromatic nitrogens is 2. The van der Waals surface area contributed by atoms with Gasteiger partial charge in [0, 0.05) is 25.4 Å². The van der Waals surface area contributed by atoms with Crippen LogP contribution >= 0.6 is 11.3 Å². The van der Waals surface area contributed by atoms with Crippen molar-refractivity contribution < 1.29 is 9.32 Å². The van der Waals surface area contributed by atoms with E-state index in [2.05, 4.69) is 28.9 Å². The number of hydrogen-bond acceptors (Lipinski definition) is 5. The van der Waals surface area contributed by atoms with Crippen molar-refractivity contribution >= 4 is 17.2 Å². The van der Waals surface area contributed by atoms with Crippen LogP contribution in [0.1, 0.15) is 45.4 Å². The maximum Gasteiger partial charge on any atom is 0.227 e. The number of amides is 1. The van der Waals surface area contributed by atoms with E-state index < -0.39 is 0 Å². The van der Waals surface area contributed by atoms with E-state index in [0.29, 0.717) is 36.5 Å². The SMILES string of the molecule is CC(C)[C@@H]1CCCCN1C(=O)CCc1nc(-c2cccs2)no1. The van der Waals surface area contributed by atoms with E-state index in [9.17, 15) is 4.79 Å². The van der Waals surface area contributed by atoms with Gasteiger partial charge in [0.1, 0.15) is 0 Å². The normalized spacial score (nSPS) is 18.6. The molecule has 0 aliphatic carbocycles. The molecule has 0 bridgehead atoms. The Morgan fingerprint density at radius 1 is 1.48 bits per heavy atom. The molecule has 0 aromatic carbocycles. The number of carbonyl (C=O) groups is 1. The third kappa shape index (κ3) is 3.80. The molecule has 1 amide bonds. The molecule has 124 valence electrons. The second-order valence-corrected chi connectivity index (χ2v) is 7.33. The lowest BCUT2D eigenvalue weighted by Crippen LogP contribution is -2.46. The number of nitrogens with zero attached hydrogens (tertiary/aromatic N) is 3. The molecule has 1 saturated heterocycles. The molecule has 0 spiro atoms. The lowest BCUT2D eigenvalue weighted by molar-refractivity contribution is -0.136. The van der Waals surface area contributed by atoms with E-state index >= 15 is 0 Å². The summed E-state index contributed by atoms with van der Waals surface area (Å²) in [5, 5.41) is 5.98. The molecule has 1 aliphatic heterocycles. The third-order valence-corrected chi connectivity index (χ3v) is 5.27. The molecular formula is C17H23N3O2S. The van der Waals surface area contributed by atoms with Gasteiger partial charge in [-0.3, -0.25) is 4.79 Å². The number of likely N-dealkylation sites (tertiary alicyclic amines) is 1. The summed E-state index contributed by atoms with van der Waals surface area (Å²) >= 11 is 1.58. The van der Waals surface area contributed by atoms with Crippen molar-refractivity contribution in [1.82, 2.24) is 15.0 Å². The Morgan fingerprint density at radius 2 is 2.35 bits per heavy atom. The number of hydrogen-bond donors (Lipinski definition) is 0. The van der Waals surface area contributed by atoms with Gasteiger partial charge in [-0.05, 0) is 36.6 Å². The maximum absolute atomic E-state index is 12.6. The first-order valence-electron chi connectivity index (χ1n) is 8.31. The molecule has 1 atom stereocenters. The van der Waals surface area contributed by atoms with Crippen LogP contribution in [0.5, 0.6) is 0 Å². The van der Waals surface area contributed by atoms with Crippen LogP contribution in [0.15, 0.2) is 22.0 Å². The van der Waals surface area contributed by atoms with Crippen LogP contribution in [0.3, 0.4) is 0 Å². The van der Waals surface area contributed by atoms with Gasteiger partial charge in [0.05, 0.1) is 4.88 Å². The lowest BCUT2D eigenvalue weighted by Gasteiger charge is -2.38. The molecule has 1 aliphatic rings. The molecular weight excluding hydrogens is 310 g/mol. The predicted octanol–water partition coefficient (Wildman–Crippen LogP) is 3.77. The van der Waals surface area contributed by atoms with Crippen LogP contribution in [-0.2, 0) is 11.2 Å². The summed E-state index contributed by atoms with van der Waals surface area (Å²) < 4.78 is 5.28. The smallest absolute Gasteiger partial charge is 0.227 e. The number of piperidine rings is 1. The molecule has 0 unspecified atom stereocenters. The first kappa shape index (κ1) is 16.2. The van der Waals surface area contributed by atoms with E-state index in [1.807, 2.05) is 17.5 Å². The van der Waals surface area contributed by atoms with Crippen molar-refractivity contribution in [2.75, 3.05) is 6.54 Å². The van der Waals surface area contributed by atoms with Crippen molar-refractivity contribution in [2.24, 2.45) is 5.92 Å². The number of carbonyl (C=O) groups excluding carboxylic acids is 1. The van der Waals surface area contributed by atoms with E-state index in [1.54, 1.807) is 11.3 Å². The molecule has 0 radical (unpaired) electrons. The van der Waals surface area contributed by atoms with Gasteiger partial charge < -0.3 is 9.42 Å². The molecule has 0 saturated carbocycles. The average molecular weight is 333 g/mol. The van der Waals surface area contributed by atoms with Gasteiger partial charge in [-0.1, -0.05) is 25.1 Å². The minimum Gasteiger partial charge on any atom is -0.339 e. The molecule has 2 aromatic rings. The summed E-state index contributed by atoms with van der Waals surface area (Å²) in [6.07, 6.45) is 4.40. The summed E-state index contributed by atoms with van der Waals surface area (Å²) in [5.74, 6) is 1.87. The Kier molecular flexibility index (Phi) is 5.10. The molecule has 3 heterocycles. The maximum atomic E-state index is 12.6. The van der Waals surface area contributed by atoms with Gasteiger partial charge in [-0.25, -0.2) is 0 Å². The molecule has 5 nitrogen and oxygen atoms in total. The van der Waals surface area contributed by atoms with Gasteiger partial charge in [0.15, 0.2) is 0 Å². The lowest BCUT2D eigenvalue weighted by atomic mass is 9.92. The van der Waals surface area contributed by atoms with Crippen LogP contribution in [0.2, 0.25) is 0 Å². The molecule has 1 fully saturated rings. The third-order valence-electron chi connectivity index (χ3n) is 4.40. The van der Waals surface area contributed by atoms with E-state index in [4.69, 9.17) is 4.52 Å². The van der Waals surface area contributed by atoms with Crippen LogP contribution < -0.4 is 0 Å². The van der Waals surface area contributed by atoms with Gasteiger partial charge in [0.25, 0.3) is 0 Å². The number of aryl methyl sites for hydroxylation is 1. The fraction of sp³-hybridized carbons (Fsp3) is 0.588. The monoisotopic (exact) mass is 333 g/mol. The summed E-state index contributed by atoms with van der Waals surface area (Å²) in [4.78, 5) is 20.0. The molecule has 0 N–H and O–H groups in total. The highest BCUT2D eigenvalue weighted by molar-refractivity contribution is 7.13. The summed E-state index contributed by atoms with van der Waals surface area (Å²) in [6, 6.07) is 4.30. The zero-order valence-electron chi connectivity index (χ0n) is 13.7. The Balaban J connectivity index is 1.58. The van der Waals surface area contributed by atoms with Crippen LogP contribution in [0.25, 0.3) is 10.7 Å². The van der Waals surface area contributed by atoms with Gasteiger partial charge in [-0.2, -0.15) is 4.98 Å². The van der Waals surface area contributed by atoms with Gasteiger partial charge in [-0.15, -0.1) is 11.3 Å². The Bertz CT molecular complexity index is 636. The van der Waals surface area contributed by atoms with E-state index in [1.165, 1.54) is 6.42 Å². The Morgan fingerprint density at radius 3 is 3.09 bits per heavy atom. The minimum atomic E-state index is 0.208. The van der Waals surface area contributed by atoms with Gasteiger partial charge >= 0.3 is 0 Å². The summed E-state index contributed by atoms with van der Waals surface area (Å²) in [7, 11) is 0. The predicted molar refractivity (Wildman–Crippen MR) is 90.1 cm³/mol. The molecule has 3 rings (SSSR count). The largest absolute Gasteiger partial charge is 0.339 e. The Labute approximate surface area is 140 Å². The van der Waals surface area contributed by atoms with Crippen LogP contribution in [0, 0.1) is 5.92 Å². The van der Waals surface area contributed by atoms with Crippen molar-refractivity contribution in [1.29, 1.82) is 0 Å². The van der Waals surface area contributed by atoms with Crippen molar-refractivity contribution in [3.8, 4) is 10.7 Å². The fourth-order valence-corrected chi connectivity index (χ4v) is 3.83. The Hall–Kier alpha value is -1.69. The highest BCUT2D eigenvalue weighted by atomic mass is 32.1. The van der Waals surface area contributed by atoms with Crippen molar-refractivity contribution in [2.45, 2.75) is 52.0 Å². The number of thiophene rings is 1. The van der Waals surface area contributed by atoms with Gasteiger partial charge in [0.2, 0.25) is 17.6 Å². The number of rotatable bonds is 5. The average Bonchev–Trinajstić information content (AvgIpc) is 3.23. The second kappa shape index (κ2) is 7.25. The summed E-state index contributed by atoms with van der Waals surface area (Å²) in [6.45, 7) is 5.27. The van der Waals surface area contributed by atoms with E-state index in [0.717, 1.165) is 24.3 Å². The molecule has 2 aromatic heterocycles. The van der Waals surface area contributed by atoms with Crippen LogP contribution in [0.4, 0.5) is 0 Å². The topological polar surface area (TPSA) is 59.2 Å². The van der Waals surface area contributed by atoms with Crippen molar-refractivity contribution in [3.63, 3.8) is 0 Å². The standard InChI is InChI=1S/C17H23N3O2S/c1-12(2)13-6-3-4-10-20(13)16(21)9-8-15-18-17(19-22-15)14-7-5-11-23-14/h5,7,11-13H,3-4,6,8-10H2,1-2H3/t13-/m0/s1. The highest BCUT2D eigenvalue weighted by Gasteiger charge is 2.28. The minimum absolute atomic E-state index is 0.208.